The van der Waals surface area contributed by atoms with Gasteiger partial charge in [0.15, 0.2) is 0 Å². The molecule has 0 aromatic heterocycles. The number of rotatable bonds is 2. The first-order chi connectivity index (χ1) is 14.5. The van der Waals surface area contributed by atoms with E-state index in [0.717, 1.165) is 17.0 Å². The van der Waals surface area contributed by atoms with Crippen molar-refractivity contribution in [2.24, 2.45) is 9.98 Å². The first-order valence-corrected chi connectivity index (χ1v) is 11.1. The van der Waals surface area contributed by atoms with Crippen LogP contribution in [-0.2, 0) is 10.8 Å². The molecule has 0 atom stereocenters. The van der Waals surface area contributed by atoms with Crippen LogP contribution in [0.4, 0.5) is 0 Å². The Morgan fingerprint density at radius 2 is 1.00 bits per heavy atom. The smallest absolute Gasteiger partial charge is 0.0910 e. The molecule has 0 heterocycles. The van der Waals surface area contributed by atoms with Gasteiger partial charge in [0.25, 0.3) is 0 Å². The zero-order valence-electron chi connectivity index (χ0n) is 20.6. The van der Waals surface area contributed by atoms with E-state index in [4.69, 9.17) is 4.99 Å². The van der Waals surface area contributed by atoms with Crippen LogP contribution < -0.4 is 0 Å². The second kappa shape index (κ2) is 8.42. The van der Waals surface area contributed by atoms with Gasteiger partial charge in [-0.05, 0) is 51.7 Å². The van der Waals surface area contributed by atoms with E-state index < -0.39 is 0 Å². The number of hydrogen-bond donors (Lipinski definition) is 0. The summed E-state index contributed by atoms with van der Waals surface area (Å²) in [4.78, 5) is 9.38. The molecule has 0 bridgehead atoms. The van der Waals surface area contributed by atoms with Gasteiger partial charge in [-0.3, -0.25) is 9.98 Å². The largest absolute Gasteiger partial charge is 0.286 e. The van der Waals surface area contributed by atoms with Gasteiger partial charge in [-0.15, -0.1) is 0 Å². The number of nitrogens with zero attached hydrogens (tertiary/aromatic N) is 2. The molecule has 2 nitrogen and oxygen atoms in total. The molecule has 0 saturated heterocycles. The predicted molar refractivity (Wildman–Crippen MR) is 138 cm³/mol. The van der Waals surface area contributed by atoms with Gasteiger partial charge in [-0.1, -0.05) is 90.1 Å². The standard InChI is InChI=1S/C29H36N2/c1-19-18-24(20-10-14-22(15-11-20)28(2,3)4)26(30-8)27(31-9)25(19)21-12-16-23(17-13-21)29(5,6)7/h10-18H,1-9H3. The topological polar surface area (TPSA) is 24.7 Å². The fraction of sp³-hybridized carbons (Fsp3) is 0.379. The molecule has 2 aromatic carbocycles. The zero-order valence-corrected chi connectivity index (χ0v) is 20.6. The highest BCUT2D eigenvalue weighted by Crippen LogP contribution is 2.34. The Balaban J connectivity index is 2.11. The second-order valence-electron chi connectivity index (χ2n) is 10.4. The quantitative estimate of drug-likeness (QED) is 0.463. The zero-order chi connectivity index (χ0) is 23.0. The van der Waals surface area contributed by atoms with E-state index in [2.05, 4.69) is 108 Å². The molecule has 0 radical (unpaired) electrons. The monoisotopic (exact) mass is 412 g/mol. The molecular formula is C29H36N2. The summed E-state index contributed by atoms with van der Waals surface area (Å²) in [5, 5.41) is 0. The van der Waals surface area contributed by atoms with Crippen LogP contribution in [0.2, 0.25) is 0 Å². The Bertz CT molecular complexity index is 1080. The molecule has 2 aromatic rings. The molecule has 0 unspecified atom stereocenters. The fourth-order valence-electron chi connectivity index (χ4n) is 4.10. The van der Waals surface area contributed by atoms with Crippen molar-refractivity contribution in [3.8, 4) is 0 Å². The first-order valence-electron chi connectivity index (χ1n) is 11.1. The number of hydrogen-bond acceptors (Lipinski definition) is 2. The summed E-state index contributed by atoms with van der Waals surface area (Å²) in [5.41, 5.74) is 10.7. The summed E-state index contributed by atoms with van der Waals surface area (Å²) in [6, 6.07) is 17.8. The van der Waals surface area contributed by atoms with Crippen LogP contribution in [-0.4, -0.2) is 25.5 Å². The maximum atomic E-state index is 4.70. The highest BCUT2D eigenvalue weighted by Gasteiger charge is 2.26. The van der Waals surface area contributed by atoms with Crippen molar-refractivity contribution in [3.63, 3.8) is 0 Å². The summed E-state index contributed by atoms with van der Waals surface area (Å²) < 4.78 is 0. The van der Waals surface area contributed by atoms with Crippen LogP contribution in [0.1, 0.15) is 70.7 Å². The van der Waals surface area contributed by atoms with Crippen molar-refractivity contribution in [3.05, 3.63) is 82.4 Å². The van der Waals surface area contributed by atoms with E-state index in [1.165, 1.54) is 33.4 Å². The minimum absolute atomic E-state index is 0.137. The Kier molecular flexibility index (Phi) is 6.23. The van der Waals surface area contributed by atoms with Gasteiger partial charge in [0, 0.05) is 25.2 Å². The van der Waals surface area contributed by atoms with E-state index in [-0.39, 0.29) is 10.8 Å². The van der Waals surface area contributed by atoms with Crippen molar-refractivity contribution >= 4 is 22.6 Å². The van der Waals surface area contributed by atoms with Gasteiger partial charge in [0.1, 0.15) is 0 Å². The molecule has 0 aliphatic heterocycles. The summed E-state index contributed by atoms with van der Waals surface area (Å²) >= 11 is 0. The van der Waals surface area contributed by atoms with Crippen molar-refractivity contribution in [1.29, 1.82) is 0 Å². The van der Waals surface area contributed by atoms with E-state index >= 15 is 0 Å². The molecule has 1 aliphatic carbocycles. The average molecular weight is 413 g/mol. The third kappa shape index (κ3) is 4.63. The Morgan fingerprint density at radius 1 is 0.581 bits per heavy atom. The van der Waals surface area contributed by atoms with Gasteiger partial charge >= 0.3 is 0 Å². The van der Waals surface area contributed by atoms with Gasteiger partial charge in [0.05, 0.1) is 11.4 Å². The lowest BCUT2D eigenvalue weighted by atomic mass is 9.80. The van der Waals surface area contributed by atoms with E-state index in [9.17, 15) is 0 Å². The molecular weight excluding hydrogens is 376 g/mol. The molecule has 3 rings (SSSR count). The second-order valence-corrected chi connectivity index (χ2v) is 10.4. The lowest BCUT2D eigenvalue weighted by Crippen LogP contribution is -2.23. The van der Waals surface area contributed by atoms with E-state index in [0.29, 0.717) is 0 Å². The lowest BCUT2D eigenvalue weighted by Gasteiger charge is -2.25. The molecule has 0 amide bonds. The maximum Gasteiger partial charge on any atom is 0.0910 e. The molecule has 0 saturated carbocycles. The summed E-state index contributed by atoms with van der Waals surface area (Å²) in [7, 11) is 3.72. The van der Waals surface area contributed by atoms with Crippen molar-refractivity contribution in [1.82, 2.24) is 0 Å². The Hall–Kier alpha value is -2.74. The molecule has 0 N–H and O–H groups in total. The molecule has 0 fully saturated rings. The Morgan fingerprint density at radius 3 is 1.39 bits per heavy atom. The molecule has 2 heteroatoms. The number of aliphatic imine (C=N–C) groups is 2. The molecule has 1 aliphatic rings. The van der Waals surface area contributed by atoms with E-state index in [1.54, 1.807) is 0 Å². The summed E-state index contributed by atoms with van der Waals surface area (Å²) in [6.45, 7) is 15.6. The maximum absolute atomic E-state index is 4.70. The minimum Gasteiger partial charge on any atom is -0.286 e. The van der Waals surface area contributed by atoms with Crippen LogP contribution in [0.3, 0.4) is 0 Å². The average Bonchev–Trinajstić information content (AvgIpc) is 2.71. The lowest BCUT2D eigenvalue weighted by molar-refractivity contribution is 0.590. The van der Waals surface area contributed by atoms with Gasteiger partial charge in [-0.25, -0.2) is 0 Å². The van der Waals surface area contributed by atoms with Gasteiger partial charge < -0.3 is 0 Å². The SMILES string of the molecule is CN=C1C(c2ccc(C(C)(C)C)cc2)=CC(C)=C(c2ccc(C(C)(C)C)cc2)C1=NC. The van der Waals surface area contributed by atoms with Crippen molar-refractivity contribution < 1.29 is 0 Å². The Labute approximate surface area is 188 Å². The third-order valence-corrected chi connectivity index (χ3v) is 6.02. The number of benzene rings is 2. The van der Waals surface area contributed by atoms with E-state index in [1.807, 2.05) is 14.1 Å². The van der Waals surface area contributed by atoms with Gasteiger partial charge in [0.2, 0.25) is 0 Å². The van der Waals surface area contributed by atoms with Crippen molar-refractivity contribution in [2.75, 3.05) is 14.1 Å². The molecule has 0 spiro atoms. The minimum atomic E-state index is 0.137. The molecule has 162 valence electrons. The third-order valence-electron chi connectivity index (χ3n) is 6.02. The highest BCUT2D eigenvalue weighted by molar-refractivity contribution is 6.70. The fourth-order valence-corrected chi connectivity index (χ4v) is 4.10. The van der Waals surface area contributed by atoms with Crippen molar-refractivity contribution in [2.45, 2.75) is 59.3 Å². The summed E-state index contributed by atoms with van der Waals surface area (Å²) in [6.07, 6.45) is 2.26. The first kappa shape index (κ1) is 22.9. The van der Waals surface area contributed by atoms with Crippen LogP contribution >= 0.6 is 0 Å². The normalized spacial score (nSPS) is 18.0. The van der Waals surface area contributed by atoms with Crippen LogP contribution in [0.5, 0.6) is 0 Å². The van der Waals surface area contributed by atoms with Crippen LogP contribution in [0.25, 0.3) is 11.1 Å². The summed E-state index contributed by atoms with van der Waals surface area (Å²) in [5.74, 6) is 0. The predicted octanol–water partition coefficient (Wildman–Crippen LogP) is 7.29. The van der Waals surface area contributed by atoms with Gasteiger partial charge in [-0.2, -0.15) is 0 Å². The molecule has 31 heavy (non-hydrogen) atoms. The number of allylic oxidation sites excluding steroid dienone is 4. The van der Waals surface area contributed by atoms with Crippen LogP contribution in [0.15, 0.2) is 70.2 Å². The highest BCUT2D eigenvalue weighted by atomic mass is 14.8. The van der Waals surface area contributed by atoms with Crippen LogP contribution in [0, 0.1) is 0 Å².